The predicted octanol–water partition coefficient (Wildman–Crippen LogP) is 3.47. The van der Waals surface area contributed by atoms with Crippen LogP contribution in [0.25, 0.3) is 0 Å². The zero-order chi connectivity index (χ0) is 16.8. The molecular formula is C20H28N2O2. The molecule has 130 valence electrons. The van der Waals surface area contributed by atoms with Gasteiger partial charge >= 0.3 is 0 Å². The molecule has 4 nitrogen and oxygen atoms in total. The van der Waals surface area contributed by atoms with Crippen molar-refractivity contribution in [3.8, 4) is 0 Å². The first-order valence-corrected chi connectivity index (χ1v) is 9.17. The summed E-state index contributed by atoms with van der Waals surface area (Å²) in [6.07, 6.45) is 8.89. The van der Waals surface area contributed by atoms with Gasteiger partial charge in [-0.25, -0.2) is 0 Å². The molecule has 0 atom stereocenters. The number of allylic oxidation sites excluding steroid dienone is 1. The van der Waals surface area contributed by atoms with Crippen molar-refractivity contribution >= 4 is 11.6 Å². The highest BCUT2D eigenvalue weighted by Gasteiger charge is 2.18. The number of benzene rings is 1. The lowest BCUT2D eigenvalue weighted by Gasteiger charge is -2.30. The van der Waals surface area contributed by atoms with Gasteiger partial charge in [-0.2, -0.15) is 0 Å². The number of para-hydroxylation sites is 1. The fourth-order valence-corrected chi connectivity index (χ4v) is 3.56. The van der Waals surface area contributed by atoms with Crippen molar-refractivity contribution in [1.82, 2.24) is 4.90 Å². The number of hydrogen-bond acceptors (Lipinski definition) is 3. The Hall–Kier alpha value is -1.65. The minimum atomic E-state index is -0.153. The van der Waals surface area contributed by atoms with Crippen LogP contribution in [0.1, 0.15) is 50.5 Å². The van der Waals surface area contributed by atoms with E-state index in [1.807, 2.05) is 18.2 Å². The van der Waals surface area contributed by atoms with E-state index in [0.717, 1.165) is 56.6 Å². The van der Waals surface area contributed by atoms with Crippen molar-refractivity contribution in [3.05, 3.63) is 41.5 Å². The minimum Gasteiger partial charge on any atom is -0.393 e. The van der Waals surface area contributed by atoms with Gasteiger partial charge in [-0.3, -0.25) is 9.69 Å². The van der Waals surface area contributed by atoms with E-state index >= 15 is 0 Å². The third-order valence-electron chi connectivity index (χ3n) is 5.02. The predicted molar refractivity (Wildman–Crippen MR) is 96.8 cm³/mol. The Morgan fingerprint density at radius 1 is 1.21 bits per heavy atom. The average Bonchev–Trinajstić information content (AvgIpc) is 2.59. The van der Waals surface area contributed by atoms with Crippen LogP contribution >= 0.6 is 0 Å². The number of rotatable bonds is 5. The Kier molecular flexibility index (Phi) is 6.05. The van der Waals surface area contributed by atoms with E-state index in [9.17, 15) is 9.90 Å². The van der Waals surface area contributed by atoms with Crippen LogP contribution in [0, 0.1) is 0 Å². The Labute approximate surface area is 144 Å². The zero-order valence-corrected chi connectivity index (χ0v) is 14.3. The summed E-state index contributed by atoms with van der Waals surface area (Å²) in [5, 5.41) is 12.7. The standard InChI is InChI=1S/C20H28N2O2/c23-18-10-12-22(13-11-18)15-17-8-4-5-9-19(17)21-20(24)14-16-6-2-1-3-7-16/h4-6,8-9,18,23H,1-3,7,10-15H2,(H,21,24). The molecule has 2 N–H and O–H groups in total. The van der Waals surface area contributed by atoms with Crippen LogP contribution in [-0.4, -0.2) is 35.1 Å². The number of nitrogens with one attached hydrogen (secondary N) is 1. The summed E-state index contributed by atoms with van der Waals surface area (Å²) in [6.45, 7) is 2.65. The minimum absolute atomic E-state index is 0.0877. The molecule has 1 aromatic carbocycles. The maximum atomic E-state index is 12.4. The topological polar surface area (TPSA) is 52.6 Å². The van der Waals surface area contributed by atoms with Gasteiger partial charge in [0, 0.05) is 31.7 Å². The first kappa shape index (κ1) is 17.2. The first-order chi connectivity index (χ1) is 11.7. The molecule has 1 aromatic rings. The molecule has 3 rings (SSSR count). The maximum Gasteiger partial charge on any atom is 0.228 e. The highest BCUT2D eigenvalue weighted by Crippen LogP contribution is 2.23. The summed E-state index contributed by atoms with van der Waals surface area (Å²) in [4.78, 5) is 14.7. The second-order valence-electron chi connectivity index (χ2n) is 7.00. The smallest absolute Gasteiger partial charge is 0.228 e. The van der Waals surface area contributed by atoms with Gasteiger partial charge in [0.15, 0.2) is 0 Å². The Morgan fingerprint density at radius 2 is 2.00 bits per heavy atom. The highest BCUT2D eigenvalue weighted by atomic mass is 16.3. The van der Waals surface area contributed by atoms with Crippen molar-refractivity contribution < 1.29 is 9.90 Å². The molecule has 1 fully saturated rings. The van der Waals surface area contributed by atoms with E-state index in [4.69, 9.17) is 0 Å². The SMILES string of the molecule is O=C(CC1=CCCCC1)Nc1ccccc1CN1CCC(O)CC1. The van der Waals surface area contributed by atoms with Crippen LogP contribution < -0.4 is 5.32 Å². The Bertz CT molecular complexity index is 589. The molecular weight excluding hydrogens is 300 g/mol. The summed E-state index contributed by atoms with van der Waals surface area (Å²) in [5.74, 6) is 0.0877. The molecule has 4 heteroatoms. The van der Waals surface area contributed by atoms with Gasteiger partial charge in [-0.1, -0.05) is 29.8 Å². The Balaban J connectivity index is 1.59. The quantitative estimate of drug-likeness (QED) is 0.814. The monoisotopic (exact) mass is 328 g/mol. The van der Waals surface area contributed by atoms with Gasteiger partial charge in [-0.05, 0) is 50.2 Å². The van der Waals surface area contributed by atoms with Crippen molar-refractivity contribution in [3.63, 3.8) is 0 Å². The number of hydrogen-bond donors (Lipinski definition) is 2. The zero-order valence-electron chi connectivity index (χ0n) is 14.3. The number of aliphatic hydroxyl groups excluding tert-OH is 1. The average molecular weight is 328 g/mol. The lowest BCUT2D eigenvalue weighted by Crippen LogP contribution is -2.35. The maximum absolute atomic E-state index is 12.4. The summed E-state index contributed by atoms with van der Waals surface area (Å²) in [5.41, 5.74) is 3.35. The van der Waals surface area contributed by atoms with Crippen LogP contribution in [0.2, 0.25) is 0 Å². The molecule has 1 aliphatic heterocycles. The van der Waals surface area contributed by atoms with Crippen LogP contribution in [0.3, 0.4) is 0 Å². The lowest BCUT2D eigenvalue weighted by atomic mass is 9.97. The van der Waals surface area contributed by atoms with Crippen molar-refractivity contribution in [2.45, 2.75) is 57.6 Å². The van der Waals surface area contributed by atoms with Crippen LogP contribution in [-0.2, 0) is 11.3 Å². The lowest BCUT2D eigenvalue weighted by molar-refractivity contribution is -0.115. The number of aliphatic hydroxyl groups is 1. The third-order valence-corrected chi connectivity index (χ3v) is 5.02. The molecule has 0 aromatic heterocycles. The molecule has 1 aliphatic carbocycles. The molecule has 0 bridgehead atoms. The van der Waals surface area contributed by atoms with Crippen LogP contribution in [0.15, 0.2) is 35.9 Å². The molecule has 24 heavy (non-hydrogen) atoms. The first-order valence-electron chi connectivity index (χ1n) is 9.17. The fraction of sp³-hybridized carbons (Fsp3) is 0.550. The van der Waals surface area contributed by atoms with Crippen molar-refractivity contribution in [2.24, 2.45) is 0 Å². The van der Waals surface area contributed by atoms with Crippen molar-refractivity contribution in [1.29, 1.82) is 0 Å². The number of likely N-dealkylation sites (tertiary alicyclic amines) is 1. The molecule has 1 saturated heterocycles. The van der Waals surface area contributed by atoms with E-state index in [-0.39, 0.29) is 12.0 Å². The normalized spacial score (nSPS) is 19.8. The highest BCUT2D eigenvalue weighted by molar-refractivity contribution is 5.93. The van der Waals surface area contributed by atoms with E-state index < -0.39 is 0 Å². The molecule has 0 spiro atoms. The molecule has 0 radical (unpaired) electrons. The largest absolute Gasteiger partial charge is 0.393 e. The van der Waals surface area contributed by atoms with Gasteiger partial charge < -0.3 is 10.4 Å². The van der Waals surface area contributed by atoms with Crippen molar-refractivity contribution in [2.75, 3.05) is 18.4 Å². The summed E-state index contributed by atoms with van der Waals surface area (Å²) >= 11 is 0. The van der Waals surface area contributed by atoms with E-state index in [2.05, 4.69) is 22.4 Å². The number of anilines is 1. The summed E-state index contributed by atoms with van der Waals surface area (Å²) in [6, 6.07) is 8.06. The number of carbonyl (C=O) groups excluding carboxylic acids is 1. The number of amides is 1. The number of piperidine rings is 1. The van der Waals surface area contributed by atoms with E-state index in [1.54, 1.807) is 0 Å². The number of carbonyl (C=O) groups is 1. The second kappa shape index (κ2) is 8.45. The van der Waals surface area contributed by atoms with Crippen LogP contribution in [0.5, 0.6) is 0 Å². The molecule has 0 saturated carbocycles. The van der Waals surface area contributed by atoms with E-state index in [1.165, 1.54) is 18.4 Å². The van der Waals surface area contributed by atoms with Gasteiger partial charge in [0.2, 0.25) is 5.91 Å². The third kappa shape index (κ3) is 4.92. The molecule has 1 amide bonds. The second-order valence-corrected chi connectivity index (χ2v) is 7.00. The molecule has 1 heterocycles. The van der Waals surface area contributed by atoms with Crippen LogP contribution in [0.4, 0.5) is 5.69 Å². The molecule has 0 unspecified atom stereocenters. The van der Waals surface area contributed by atoms with Gasteiger partial charge in [0.1, 0.15) is 0 Å². The molecule has 2 aliphatic rings. The van der Waals surface area contributed by atoms with Gasteiger partial charge in [0.25, 0.3) is 0 Å². The summed E-state index contributed by atoms with van der Waals surface area (Å²) < 4.78 is 0. The van der Waals surface area contributed by atoms with Gasteiger partial charge in [0.05, 0.1) is 6.10 Å². The Morgan fingerprint density at radius 3 is 2.75 bits per heavy atom. The fourth-order valence-electron chi connectivity index (χ4n) is 3.56. The summed E-state index contributed by atoms with van der Waals surface area (Å²) in [7, 11) is 0. The van der Waals surface area contributed by atoms with Gasteiger partial charge in [-0.15, -0.1) is 0 Å². The van der Waals surface area contributed by atoms with E-state index in [0.29, 0.717) is 6.42 Å². The number of nitrogens with zero attached hydrogens (tertiary/aromatic N) is 1.